The number of hydrogen-bond donors (Lipinski definition) is 1. The van der Waals surface area contributed by atoms with E-state index in [0.717, 1.165) is 32.3 Å². The third-order valence-electron chi connectivity index (χ3n) is 5.30. The highest BCUT2D eigenvalue weighted by atomic mass is 79.9. The van der Waals surface area contributed by atoms with Crippen molar-refractivity contribution in [2.75, 3.05) is 23.0 Å². The van der Waals surface area contributed by atoms with Gasteiger partial charge in [0, 0.05) is 25.9 Å². The van der Waals surface area contributed by atoms with Crippen LogP contribution in [0.5, 0.6) is 0 Å². The summed E-state index contributed by atoms with van der Waals surface area (Å²) in [6.07, 6.45) is 0.943. The van der Waals surface area contributed by atoms with E-state index in [-0.39, 0.29) is 0 Å². The second-order valence-corrected chi connectivity index (χ2v) is 8.92. The van der Waals surface area contributed by atoms with E-state index in [4.69, 9.17) is 0 Å². The van der Waals surface area contributed by atoms with Gasteiger partial charge < -0.3 is 14.9 Å². The van der Waals surface area contributed by atoms with Crippen molar-refractivity contribution in [3.8, 4) is 0 Å². The van der Waals surface area contributed by atoms with Gasteiger partial charge in [0.1, 0.15) is 0 Å². The largest absolute Gasteiger partial charge is 0.365 e. The summed E-state index contributed by atoms with van der Waals surface area (Å²) in [4.78, 5) is 4.30. The first-order chi connectivity index (χ1) is 13.5. The molecule has 1 unspecified atom stereocenters. The second-order valence-electron chi connectivity index (χ2n) is 7.09. The number of anilines is 2. The Kier molecular flexibility index (Phi) is 5.50. The van der Waals surface area contributed by atoms with Gasteiger partial charge in [0.25, 0.3) is 0 Å². The van der Waals surface area contributed by atoms with Crippen LogP contribution >= 0.6 is 31.9 Å². The van der Waals surface area contributed by atoms with Crippen molar-refractivity contribution >= 4 is 43.2 Å². The van der Waals surface area contributed by atoms with E-state index < -0.39 is 5.72 Å². The summed E-state index contributed by atoms with van der Waals surface area (Å²) < 4.78 is 2.07. The summed E-state index contributed by atoms with van der Waals surface area (Å²) in [5, 5.41) is 11.9. The minimum absolute atomic E-state index is 0.498. The van der Waals surface area contributed by atoms with Crippen molar-refractivity contribution < 1.29 is 5.11 Å². The Labute approximate surface area is 182 Å². The molecule has 1 atom stereocenters. The highest BCUT2D eigenvalue weighted by molar-refractivity contribution is 9.10. The Bertz CT molecular complexity index is 959. The molecular formula is C23H22Br2N2O. The summed E-state index contributed by atoms with van der Waals surface area (Å²) >= 11 is 7.01. The number of aliphatic hydroxyl groups is 1. The van der Waals surface area contributed by atoms with E-state index in [1.165, 1.54) is 5.56 Å². The average Bonchev–Trinajstić information content (AvgIpc) is 3.08. The smallest absolute Gasteiger partial charge is 0.183 e. The fourth-order valence-corrected chi connectivity index (χ4v) is 4.25. The van der Waals surface area contributed by atoms with Crippen LogP contribution in [0.25, 0.3) is 0 Å². The number of benzene rings is 3. The molecule has 3 nitrogen and oxygen atoms in total. The molecule has 1 aliphatic heterocycles. The van der Waals surface area contributed by atoms with Gasteiger partial charge in [-0.3, -0.25) is 0 Å². The number of β-amino-alcohol motifs (C(OH)–C–C–N with tert-alkyl or cyclic N) is 1. The molecule has 0 aromatic heterocycles. The topological polar surface area (TPSA) is 26.7 Å². The normalized spacial score (nSPS) is 19.3. The molecule has 4 rings (SSSR count). The summed E-state index contributed by atoms with van der Waals surface area (Å²) in [5.74, 6) is 0. The minimum Gasteiger partial charge on any atom is -0.365 e. The van der Waals surface area contributed by atoms with Gasteiger partial charge in [0.05, 0.1) is 13.2 Å². The standard InChI is InChI=1S/C23H22Br2N2O/c1-2-17-4-3-5-18(14-17)23(28)15-26(21-10-6-19(24)7-11-21)16-27(23)22-12-8-20(25)9-13-22/h3-14,28H,2,15-16H2,1H3. The molecule has 0 saturated carbocycles. The average molecular weight is 502 g/mol. The van der Waals surface area contributed by atoms with Crippen LogP contribution in [0.2, 0.25) is 0 Å². The first-order valence-electron chi connectivity index (χ1n) is 9.35. The molecular weight excluding hydrogens is 480 g/mol. The zero-order valence-electron chi connectivity index (χ0n) is 15.6. The number of hydrogen-bond acceptors (Lipinski definition) is 3. The Morgan fingerprint density at radius 2 is 1.50 bits per heavy atom. The fraction of sp³-hybridized carbons (Fsp3) is 0.217. The van der Waals surface area contributed by atoms with Crippen LogP contribution in [0.15, 0.2) is 81.7 Å². The lowest BCUT2D eigenvalue weighted by Crippen LogP contribution is -2.43. The Morgan fingerprint density at radius 3 is 2.11 bits per heavy atom. The molecule has 0 radical (unpaired) electrons. The maximum Gasteiger partial charge on any atom is 0.183 e. The van der Waals surface area contributed by atoms with Gasteiger partial charge in [0.15, 0.2) is 5.72 Å². The molecule has 1 N–H and O–H groups in total. The molecule has 0 bridgehead atoms. The fourth-order valence-electron chi connectivity index (χ4n) is 3.72. The maximum absolute atomic E-state index is 11.9. The van der Waals surface area contributed by atoms with E-state index in [1.54, 1.807) is 0 Å². The Hall–Kier alpha value is -1.82. The molecule has 1 fully saturated rings. The number of nitrogens with zero attached hydrogens (tertiary/aromatic N) is 2. The molecule has 144 valence electrons. The van der Waals surface area contributed by atoms with E-state index >= 15 is 0 Å². The van der Waals surface area contributed by atoms with Crippen LogP contribution in [0.4, 0.5) is 11.4 Å². The molecule has 3 aromatic rings. The van der Waals surface area contributed by atoms with Crippen molar-refractivity contribution in [2.24, 2.45) is 0 Å². The third-order valence-corrected chi connectivity index (χ3v) is 6.35. The summed E-state index contributed by atoms with van der Waals surface area (Å²) in [6, 6.07) is 24.6. The van der Waals surface area contributed by atoms with Crippen LogP contribution in [-0.4, -0.2) is 18.3 Å². The third kappa shape index (κ3) is 3.71. The molecule has 0 spiro atoms. The van der Waals surface area contributed by atoms with Gasteiger partial charge in [-0.15, -0.1) is 0 Å². The van der Waals surface area contributed by atoms with Crippen LogP contribution in [0.3, 0.4) is 0 Å². The molecule has 1 heterocycles. The van der Waals surface area contributed by atoms with Crippen molar-refractivity contribution in [1.82, 2.24) is 0 Å². The van der Waals surface area contributed by atoms with Gasteiger partial charge in [-0.2, -0.15) is 0 Å². The van der Waals surface area contributed by atoms with Gasteiger partial charge in [0.2, 0.25) is 0 Å². The van der Waals surface area contributed by atoms with Crippen molar-refractivity contribution in [3.05, 3.63) is 92.9 Å². The van der Waals surface area contributed by atoms with E-state index in [9.17, 15) is 5.11 Å². The van der Waals surface area contributed by atoms with Gasteiger partial charge in [-0.05, 0) is 60.5 Å². The number of halogens is 2. The van der Waals surface area contributed by atoms with Crippen LogP contribution in [0.1, 0.15) is 18.1 Å². The SMILES string of the molecule is CCc1cccc(C2(O)CN(c3ccc(Br)cc3)CN2c2ccc(Br)cc2)c1. The highest BCUT2D eigenvalue weighted by Crippen LogP contribution is 2.39. The molecule has 1 saturated heterocycles. The highest BCUT2D eigenvalue weighted by Gasteiger charge is 2.45. The first-order valence-corrected chi connectivity index (χ1v) is 10.9. The minimum atomic E-state index is -1.11. The van der Waals surface area contributed by atoms with Crippen molar-refractivity contribution in [3.63, 3.8) is 0 Å². The molecule has 28 heavy (non-hydrogen) atoms. The molecule has 5 heteroatoms. The predicted molar refractivity (Wildman–Crippen MR) is 123 cm³/mol. The lowest BCUT2D eigenvalue weighted by atomic mass is 9.98. The van der Waals surface area contributed by atoms with E-state index in [1.807, 2.05) is 48.5 Å². The lowest BCUT2D eigenvalue weighted by Gasteiger charge is -2.34. The summed E-state index contributed by atoms with van der Waals surface area (Å²) in [7, 11) is 0. The van der Waals surface area contributed by atoms with Crippen molar-refractivity contribution in [1.29, 1.82) is 0 Å². The van der Waals surface area contributed by atoms with Gasteiger partial charge in [-0.1, -0.05) is 63.0 Å². The summed E-state index contributed by atoms with van der Waals surface area (Å²) in [6.45, 7) is 3.24. The quantitative estimate of drug-likeness (QED) is 0.481. The monoisotopic (exact) mass is 500 g/mol. The van der Waals surface area contributed by atoms with E-state index in [2.05, 4.69) is 72.8 Å². The molecule has 3 aromatic carbocycles. The van der Waals surface area contributed by atoms with Gasteiger partial charge in [-0.25, -0.2) is 0 Å². The Morgan fingerprint density at radius 1 is 0.893 bits per heavy atom. The van der Waals surface area contributed by atoms with E-state index in [0.29, 0.717) is 13.2 Å². The van der Waals surface area contributed by atoms with Gasteiger partial charge >= 0.3 is 0 Å². The molecule has 1 aliphatic rings. The van der Waals surface area contributed by atoms with Crippen LogP contribution in [0, 0.1) is 0 Å². The second kappa shape index (κ2) is 7.90. The zero-order valence-corrected chi connectivity index (χ0v) is 18.8. The zero-order chi connectivity index (χ0) is 19.7. The van der Waals surface area contributed by atoms with Crippen LogP contribution < -0.4 is 9.80 Å². The lowest BCUT2D eigenvalue weighted by molar-refractivity contribution is 0.0629. The molecule has 0 aliphatic carbocycles. The van der Waals surface area contributed by atoms with Crippen molar-refractivity contribution in [2.45, 2.75) is 19.1 Å². The summed E-state index contributed by atoms with van der Waals surface area (Å²) in [5.41, 5.74) is 3.13. The number of rotatable bonds is 4. The van der Waals surface area contributed by atoms with Crippen LogP contribution in [-0.2, 0) is 12.1 Å². The maximum atomic E-state index is 11.9. The predicted octanol–water partition coefficient (Wildman–Crippen LogP) is 5.90. The molecule has 0 amide bonds. The first kappa shape index (κ1) is 19.5. The number of aryl methyl sites for hydroxylation is 1. The Balaban J connectivity index is 1.77.